The molecule has 1 amide bonds. The highest BCUT2D eigenvalue weighted by Gasteiger charge is 2.52. The SMILES string of the molecule is CO[C@]1(C)C[C@H](O[C@H]2[C@H](C)[C@@H](O[C@@H]3O[C@H](C)C[C@H](N(C)C)[C@H]3OCCCNC(=O)[C@@H](N)Cc3ccccc3)[C@](C)(O)C[C@@H](C)CN(C)[C@H](C)[C@@H](O)/C(O)=C(/I)OC(=O)[C@@H]2C)O[C@@H](C)[C@@H]1O. The number of nitrogens with one attached hydrogen (secondary N) is 1. The molecule has 1 aromatic carbocycles. The van der Waals surface area contributed by atoms with E-state index in [4.69, 9.17) is 38.9 Å². The lowest BCUT2D eigenvalue weighted by molar-refractivity contribution is -0.321. The predicted molar refractivity (Wildman–Crippen MR) is 253 cm³/mol. The van der Waals surface area contributed by atoms with Crippen LogP contribution in [0.15, 0.2) is 39.9 Å². The van der Waals surface area contributed by atoms with Crippen LogP contribution in [0.2, 0.25) is 0 Å². The van der Waals surface area contributed by atoms with Crippen LogP contribution in [-0.4, -0.2) is 175 Å². The third kappa shape index (κ3) is 14.7. The van der Waals surface area contributed by atoms with E-state index in [1.165, 1.54) is 7.11 Å². The quantitative estimate of drug-likeness (QED) is 0.0890. The molecular formula is C47H79IN4O13. The van der Waals surface area contributed by atoms with Crippen molar-refractivity contribution < 1.29 is 63.2 Å². The summed E-state index contributed by atoms with van der Waals surface area (Å²) in [6.45, 7) is 15.3. The van der Waals surface area contributed by atoms with Crippen LogP contribution in [0, 0.1) is 17.8 Å². The smallest absolute Gasteiger partial charge is 0.317 e. The number of carbonyl (C=O) groups excluding carboxylic acids is 2. The molecule has 3 aliphatic rings. The number of cyclic esters (lactones) is 1. The number of aliphatic hydroxyl groups is 4. The lowest BCUT2D eigenvalue weighted by atomic mass is 9.77. The molecular weight excluding hydrogens is 955 g/mol. The minimum absolute atomic E-state index is 0.108. The van der Waals surface area contributed by atoms with Crippen LogP contribution in [0.25, 0.3) is 0 Å². The van der Waals surface area contributed by atoms with Crippen LogP contribution in [-0.2, 0) is 49.2 Å². The van der Waals surface area contributed by atoms with Gasteiger partial charge in [0.2, 0.25) is 9.67 Å². The van der Waals surface area contributed by atoms with Crippen LogP contribution in [0.5, 0.6) is 0 Å². The van der Waals surface area contributed by atoms with Gasteiger partial charge < -0.3 is 74.4 Å². The number of benzene rings is 1. The summed E-state index contributed by atoms with van der Waals surface area (Å²) in [4.78, 5) is 31.0. The van der Waals surface area contributed by atoms with Gasteiger partial charge in [-0.3, -0.25) is 9.59 Å². The number of nitrogens with two attached hydrogens (primary N) is 1. The fourth-order valence-electron chi connectivity index (χ4n) is 9.53. The molecule has 3 aliphatic heterocycles. The number of halogens is 1. The summed E-state index contributed by atoms with van der Waals surface area (Å²) in [5.41, 5.74) is 4.56. The predicted octanol–water partition coefficient (Wildman–Crippen LogP) is 3.63. The first-order chi connectivity index (χ1) is 30.4. The maximum Gasteiger partial charge on any atom is 0.317 e. The molecule has 0 aromatic heterocycles. The van der Waals surface area contributed by atoms with Gasteiger partial charge in [-0.2, -0.15) is 0 Å². The maximum absolute atomic E-state index is 14.2. The second kappa shape index (κ2) is 24.5. The summed E-state index contributed by atoms with van der Waals surface area (Å²) in [7, 11) is 7.24. The van der Waals surface area contributed by atoms with Crippen molar-refractivity contribution >= 4 is 34.5 Å². The van der Waals surface area contributed by atoms with Crippen LogP contribution < -0.4 is 11.1 Å². The third-order valence-electron chi connectivity index (χ3n) is 13.5. The molecule has 0 unspecified atom stereocenters. The number of likely N-dealkylation sites (N-methyl/N-ethyl adjacent to an activating group) is 2. The Morgan fingerprint density at radius 1 is 1.05 bits per heavy atom. The molecule has 65 heavy (non-hydrogen) atoms. The number of esters is 1. The molecule has 17 atom stereocenters. The molecule has 4 rings (SSSR count). The molecule has 3 heterocycles. The van der Waals surface area contributed by atoms with Crippen molar-refractivity contribution in [2.75, 3.05) is 47.9 Å². The molecule has 0 spiro atoms. The third-order valence-corrected chi connectivity index (χ3v) is 14.3. The number of methoxy groups -OCH3 is 1. The summed E-state index contributed by atoms with van der Waals surface area (Å²) in [5, 5.41) is 49.1. The standard InChI is InChI=1S/C47H79IN4O13/c1-26-23-46(7,58)41(64-45-39(34(51(9)10)21-27(2)61-45)60-20-16-19-50-43(56)33(49)22-32-17-14-13-15-18-32)28(3)38(63-35-24-47(8,59-12)40(55)31(6)62-35)29(4)44(57)65-42(48)37(54)36(53)30(5)52(11)25-26/h13-15,17-18,26-31,33-36,38-41,45,53-55,58H,16,19-25,49H2,1-12H3,(H,50,56)/b42-37+/t26-,27-,28+,29-,30-,31+,33+,34+,35+,36-,38+,39-,40+,41-,45+,46-,47-/m1/s1. The Labute approximate surface area is 400 Å². The van der Waals surface area contributed by atoms with Crippen LogP contribution in [0.1, 0.15) is 86.6 Å². The fraction of sp³-hybridized carbons (Fsp3) is 0.787. The molecule has 0 saturated carbocycles. The Kier molecular flexibility index (Phi) is 20.9. The first-order valence-electron chi connectivity index (χ1n) is 23.0. The Hall–Kier alpha value is -2.05. The number of ether oxygens (including phenoxy) is 7. The molecule has 1 aromatic rings. The van der Waals surface area contributed by atoms with Gasteiger partial charge in [-0.15, -0.1) is 0 Å². The van der Waals surface area contributed by atoms with Gasteiger partial charge in [0, 0.05) is 73.8 Å². The zero-order valence-corrected chi connectivity index (χ0v) is 42.7. The van der Waals surface area contributed by atoms with E-state index < -0.39 is 96.1 Å². The fourth-order valence-corrected chi connectivity index (χ4v) is 10.1. The second-order valence-corrected chi connectivity index (χ2v) is 20.5. The molecule has 7 N–H and O–H groups in total. The molecule has 17 nitrogen and oxygen atoms in total. The Morgan fingerprint density at radius 3 is 2.34 bits per heavy atom. The Balaban J connectivity index is 1.69. The van der Waals surface area contributed by atoms with Gasteiger partial charge >= 0.3 is 5.97 Å². The minimum Gasteiger partial charge on any atom is -0.506 e. The number of carbonyl (C=O) groups is 2. The summed E-state index contributed by atoms with van der Waals surface area (Å²) in [6, 6.07) is 8.15. The van der Waals surface area contributed by atoms with Gasteiger partial charge in [0.25, 0.3) is 0 Å². The van der Waals surface area contributed by atoms with E-state index >= 15 is 0 Å². The van der Waals surface area contributed by atoms with Gasteiger partial charge in [0.15, 0.2) is 18.3 Å². The Morgan fingerprint density at radius 2 is 1.71 bits per heavy atom. The highest BCUT2D eigenvalue weighted by Crippen LogP contribution is 2.40. The highest BCUT2D eigenvalue weighted by atomic mass is 127. The molecule has 372 valence electrons. The van der Waals surface area contributed by atoms with Crippen molar-refractivity contribution in [1.29, 1.82) is 0 Å². The van der Waals surface area contributed by atoms with Crippen LogP contribution in [0.4, 0.5) is 0 Å². The number of rotatable bonds is 14. The summed E-state index contributed by atoms with van der Waals surface area (Å²) < 4.78 is 44.6. The lowest BCUT2D eigenvalue weighted by Crippen LogP contribution is -2.61. The maximum atomic E-state index is 14.2. The molecule has 0 aliphatic carbocycles. The summed E-state index contributed by atoms with van der Waals surface area (Å²) in [5.74, 6) is -3.53. The van der Waals surface area contributed by atoms with E-state index in [0.29, 0.717) is 32.4 Å². The van der Waals surface area contributed by atoms with Crippen molar-refractivity contribution in [3.05, 3.63) is 45.4 Å². The van der Waals surface area contributed by atoms with E-state index in [2.05, 4.69) is 10.2 Å². The largest absolute Gasteiger partial charge is 0.506 e. The van der Waals surface area contributed by atoms with Crippen molar-refractivity contribution in [3.8, 4) is 0 Å². The zero-order chi connectivity index (χ0) is 48.6. The van der Waals surface area contributed by atoms with Gasteiger partial charge in [0.05, 0.1) is 47.6 Å². The van der Waals surface area contributed by atoms with Crippen molar-refractivity contribution in [2.45, 2.75) is 172 Å². The average Bonchev–Trinajstić information content (AvgIpc) is 3.24. The van der Waals surface area contributed by atoms with Crippen LogP contribution >= 0.6 is 22.6 Å². The number of amides is 1. The molecule has 0 radical (unpaired) electrons. The van der Waals surface area contributed by atoms with Crippen LogP contribution in [0.3, 0.4) is 0 Å². The van der Waals surface area contributed by atoms with E-state index in [0.717, 1.165) is 5.56 Å². The molecule has 2 saturated heterocycles. The van der Waals surface area contributed by atoms with Crippen molar-refractivity contribution in [2.24, 2.45) is 23.5 Å². The number of nitrogens with zero attached hydrogens (tertiary/aromatic N) is 2. The Bertz CT molecular complexity index is 1690. The first kappa shape index (κ1) is 55.5. The van der Waals surface area contributed by atoms with E-state index in [-0.39, 0.29) is 47.2 Å². The van der Waals surface area contributed by atoms with Gasteiger partial charge in [0.1, 0.15) is 18.3 Å². The zero-order valence-electron chi connectivity index (χ0n) is 40.5. The lowest BCUT2D eigenvalue weighted by Gasteiger charge is -2.49. The minimum atomic E-state index is -1.59. The first-order valence-corrected chi connectivity index (χ1v) is 24.1. The molecule has 18 heteroatoms. The summed E-state index contributed by atoms with van der Waals surface area (Å²) in [6.07, 6.45) is -6.24. The van der Waals surface area contributed by atoms with E-state index in [1.54, 1.807) is 57.2 Å². The van der Waals surface area contributed by atoms with Crippen molar-refractivity contribution in [1.82, 2.24) is 15.1 Å². The van der Waals surface area contributed by atoms with Gasteiger partial charge in [-0.1, -0.05) is 44.2 Å². The molecule has 2 fully saturated rings. The highest BCUT2D eigenvalue weighted by molar-refractivity contribution is 14.1. The van der Waals surface area contributed by atoms with Gasteiger partial charge in [-0.05, 0) is 99.9 Å². The number of aliphatic hydroxyl groups excluding tert-OH is 3. The van der Waals surface area contributed by atoms with E-state index in [9.17, 15) is 30.0 Å². The topological polar surface area (TPSA) is 224 Å². The number of hydrogen-bond acceptors (Lipinski definition) is 16. The summed E-state index contributed by atoms with van der Waals surface area (Å²) >= 11 is 1.70. The monoisotopic (exact) mass is 1030 g/mol. The number of hydrogen-bond donors (Lipinski definition) is 6. The molecule has 0 bridgehead atoms. The van der Waals surface area contributed by atoms with Crippen molar-refractivity contribution in [3.63, 3.8) is 0 Å². The van der Waals surface area contributed by atoms with E-state index in [1.807, 2.05) is 77.1 Å². The van der Waals surface area contributed by atoms with Gasteiger partial charge in [-0.25, -0.2) is 0 Å². The normalized spacial score (nSPS) is 40.1. The average molecular weight is 1040 g/mol. The second-order valence-electron chi connectivity index (χ2n) is 19.5.